The fourth-order valence-corrected chi connectivity index (χ4v) is 4.85. The molecule has 2 aromatic rings. The van der Waals surface area contributed by atoms with E-state index < -0.39 is 19.8 Å². The normalized spacial score (nSPS) is 17.4. The predicted molar refractivity (Wildman–Crippen MR) is 136 cm³/mol. The van der Waals surface area contributed by atoms with E-state index in [0.717, 1.165) is 34.0 Å². The highest BCUT2D eigenvalue weighted by molar-refractivity contribution is 9.10. The number of hydrogen-bond donors (Lipinski definition) is 1. The Morgan fingerprint density at radius 3 is 2.79 bits per heavy atom. The number of anilines is 1. The fourth-order valence-electron chi connectivity index (χ4n) is 3.49. The van der Waals surface area contributed by atoms with Crippen molar-refractivity contribution in [2.24, 2.45) is 0 Å². The van der Waals surface area contributed by atoms with Gasteiger partial charge in [0.15, 0.2) is 0 Å². The summed E-state index contributed by atoms with van der Waals surface area (Å²) in [6.07, 6.45) is 2.98. The number of alkyl carbamates (subject to hydrolysis) is 1. The molecule has 0 saturated carbocycles. The van der Waals surface area contributed by atoms with Gasteiger partial charge in [0.25, 0.3) is 0 Å². The van der Waals surface area contributed by atoms with Crippen molar-refractivity contribution in [3.8, 4) is 0 Å². The summed E-state index contributed by atoms with van der Waals surface area (Å²) in [4.78, 5) is 23.3. The lowest BCUT2D eigenvalue weighted by Gasteiger charge is -2.34. The summed E-state index contributed by atoms with van der Waals surface area (Å²) in [5.41, 5.74) is 0.295. The smallest absolute Gasteiger partial charge is 0.407 e. The van der Waals surface area contributed by atoms with Gasteiger partial charge in [-0.25, -0.2) is 14.8 Å². The first-order chi connectivity index (χ1) is 15.4. The molecule has 1 fully saturated rings. The van der Waals surface area contributed by atoms with Gasteiger partial charge >= 0.3 is 6.09 Å². The molecule has 1 atom stereocenters. The van der Waals surface area contributed by atoms with Crippen molar-refractivity contribution in [1.82, 2.24) is 19.9 Å². The number of morpholine rings is 1. The van der Waals surface area contributed by atoms with Gasteiger partial charge in [-0.2, -0.15) is 0 Å². The fraction of sp³-hybridized carbons (Fsp3) is 0.682. The van der Waals surface area contributed by atoms with Crippen molar-refractivity contribution < 1.29 is 19.0 Å². The number of carbonyl (C=O) groups is 1. The number of hydrogen-bond acceptors (Lipinski definition) is 7. The topological polar surface area (TPSA) is 90.7 Å². The highest BCUT2D eigenvalue weighted by atomic mass is 79.9. The molecule has 9 nitrogen and oxygen atoms in total. The van der Waals surface area contributed by atoms with Crippen LogP contribution in [0.15, 0.2) is 17.0 Å². The molecule has 1 saturated heterocycles. The largest absolute Gasteiger partial charge is 0.444 e. The maximum atomic E-state index is 12.0. The van der Waals surface area contributed by atoms with Gasteiger partial charge in [-0.3, -0.25) is 0 Å². The number of halogens is 1. The Kier molecular flexibility index (Phi) is 8.41. The summed E-state index contributed by atoms with van der Waals surface area (Å²) in [5.74, 6) is 0.846. The molecule has 0 aromatic carbocycles. The van der Waals surface area contributed by atoms with Gasteiger partial charge in [0.1, 0.15) is 30.1 Å². The van der Waals surface area contributed by atoms with E-state index in [9.17, 15) is 4.79 Å². The third-order valence-electron chi connectivity index (χ3n) is 5.13. The first kappa shape index (κ1) is 25.9. The van der Waals surface area contributed by atoms with Crippen LogP contribution in [0.4, 0.5) is 10.6 Å². The second kappa shape index (κ2) is 10.7. The Morgan fingerprint density at radius 2 is 2.09 bits per heavy atom. The molecule has 1 unspecified atom stereocenters. The summed E-state index contributed by atoms with van der Waals surface area (Å²) < 4.78 is 20.1. The van der Waals surface area contributed by atoms with Crippen LogP contribution in [0, 0.1) is 0 Å². The number of carbonyl (C=O) groups excluding carboxylic acids is 1. The van der Waals surface area contributed by atoms with Crippen LogP contribution in [0.5, 0.6) is 0 Å². The SMILES string of the molecule is CC(C)(C)OC(=O)NCC1CN(c2ncnc3c2c(Br)cn3COCC[Si](C)(C)C)CCO1. The van der Waals surface area contributed by atoms with Crippen LogP contribution >= 0.6 is 15.9 Å². The second-order valence-electron chi connectivity index (χ2n) is 10.5. The Labute approximate surface area is 205 Å². The van der Waals surface area contributed by atoms with Crippen molar-refractivity contribution in [1.29, 1.82) is 0 Å². The molecule has 3 heterocycles. The van der Waals surface area contributed by atoms with Crippen LogP contribution in [0.1, 0.15) is 20.8 Å². The molecule has 0 radical (unpaired) electrons. The molecule has 11 heteroatoms. The molecular weight excluding hydrogens is 506 g/mol. The summed E-state index contributed by atoms with van der Waals surface area (Å²) in [5, 5.41) is 3.75. The van der Waals surface area contributed by atoms with Gasteiger partial charge in [0.05, 0.1) is 18.1 Å². The van der Waals surface area contributed by atoms with Gasteiger partial charge in [0, 0.05) is 45.0 Å². The Bertz CT molecular complexity index is 957. The lowest BCUT2D eigenvalue weighted by molar-refractivity contribution is 0.0282. The number of nitrogens with one attached hydrogen (secondary N) is 1. The van der Waals surface area contributed by atoms with Gasteiger partial charge in [-0.05, 0) is 42.7 Å². The Hall–Kier alpha value is -1.69. The number of fused-ring (bicyclic) bond motifs is 1. The average Bonchev–Trinajstić information content (AvgIpc) is 3.04. The molecule has 1 amide bonds. The molecular formula is C22H36BrN5O4Si. The van der Waals surface area contributed by atoms with Crippen molar-refractivity contribution in [3.05, 3.63) is 17.0 Å². The highest BCUT2D eigenvalue weighted by Gasteiger charge is 2.26. The van der Waals surface area contributed by atoms with E-state index in [4.69, 9.17) is 14.2 Å². The molecule has 2 aromatic heterocycles. The van der Waals surface area contributed by atoms with Crippen molar-refractivity contribution in [2.75, 3.05) is 37.7 Å². The molecule has 0 aliphatic carbocycles. The third kappa shape index (κ3) is 7.66. The first-order valence-electron chi connectivity index (χ1n) is 11.3. The van der Waals surface area contributed by atoms with Gasteiger partial charge in [0.2, 0.25) is 0 Å². The zero-order valence-electron chi connectivity index (χ0n) is 20.5. The van der Waals surface area contributed by atoms with Gasteiger partial charge < -0.3 is 29.0 Å². The predicted octanol–water partition coefficient (Wildman–Crippen LogP) is 4.24. The molecule has 3 rings (SSSR count). The van der Waals surface area contributed by atoms with Crippen LogP contribution in [0.2, 0.25) is 25.7 Å². The van der Waals surface area contributed by atoms with E-state index in [1.54, 1.807) is 6.33 Å². The Morgan fingerprint density at radius 1 is 1.33 bits per heavy atom. The van der Waals surface area contributed by atoms with E-state index in [1.807, 2.05) is 31.5 Å². The average molecular weight is 543 g/mol. The van der Waals surface area contributed by atoms with E-state index in [1.165, 1.54) is 0 Å². The molecule has 1 aliphatic rings. The molecule has 0 spiro atoms. The zero-order valence-corrected chi connectivity index (χ0v) is 23.1. The van der Waals surface area contributed by atoms with Gasteiger partial charge in [-0.15, -0.1) is 0 Å². The quantitative estimate of drug-likeness (QED) is 0.394. The number of rotatable bonds is 8. The van der Waals surface area contributed by atoms with E-state index in [2.05, 4.69) is 55.8 Å². The molecule has 1 aliphatic heterocycles. The summed E-state index contributed by atoms with van der Waals surface area (Å²) in [6.45, 7) is 16.0. The maximum absolute atomic E-state index is 12.0. The first-order valence-corrected chi connectivity index (χ1v) is 15.8. The van der Waals surface area contributed by atoms with Gasteiger partial charge in [-0.1, -0.05) is 19.6 Å². The number of amides is 1. The summed E-state index contributed by atoms with van der Waals surface area (Å²) in [7, 11) is -1.13. The third-order valence-corrected chi connectivity index (χ3v) is 7.43. The van der Waals surface area contributed by atoms with Crippen LogP contribution < -0.4 is 10.2 Å². The van der Waals surface area contributed by atoms with E-state index in [-0.39, 0.29) is 6.10 Å². The molecule has 184 valence electrons. The second-order valence-corrected chi connectivity index (χ2v) is 17.0. The minimum absolute atomic E-state index is 0.165. The molecule has 33 heavy (non-hydrogen) atoms. The summed E-state index contributed by atoms with van der Waals surface area (Å²) in [6, 6.07) is 1.13. The summed E-state index contributed by atoms with van der Waals surface area (Å²) >= 11 is 3.69. The Balaban J connectivity index is 1.66. The highest BCUT2D eigenvalue weighted by Crippen LogP contribution is 2.32. The number of aromatic nitrogens is 3. The van der Waals surface area contributed by atoms with Crippen molar-refractivity contribution in [2.45, 2.75) is 64.9 Å². The lowest BCUT2D eigenvalue weighted by atomic mass is 10.2. The molecule has 0 bridgehead atoms. The number of nitrogens with zero attached hydrogens (tertiary/aromatic N) is 4. The lowest BCUT2D eigenvalue weighted by Crippen LogP contribution is -2.48. The van der Waals surface area contributed by atoms with Crippen LogP contribution in [-0.4, -0.2) is 73.3 Å². The van der Waals surface area contributed by atoms with Crippen molar-refractivity contribution in [3.63, 3.8) is 0 Å². The minimum atomic E-state index is -1.13. The van der Waals surface area contributed by atoms with E-state index >= 15 is 0 Å². The number of ether oxygens (including phenoxy) is 3. The molecule has 1 N–H and O–H groups in total. The van der Waals surface area contributed by atoms with Crippen LogP contribution in [0.25, 0.3) is 11.0 Å². The zero-order chi connectivity index (χ0) is 24.2. The van der Waals surface area contributed by atoms with Crippen molar-refractivity contribution >= 4 is 46.9 Å². The standard InChI is InChI=1S/C22H36BrN5O4Si/c1-22(2,3)32-21(29)24-11-16-12-27(7-8-31-16)19-18-17(23)13-28(20(18)26-14-25-19)15-30-9-10-33(4,5)6/h13-14,16H,7-12,15H2,1-6H3,(H,24,29). The monoisotopic (exact) mass is 541 g/mol. The van der Waals surface area contributed by atoms with Crippen LogP contribution in [0.3, 0.4) is 0 Å². The van der Waals surface area contributed by atoms with Crippen LogP contribution in [-0.2, 0) is 20.9 Å². The van der Waals surface area contributed by atoms with E-state index in [0.29, 0.717) is 33.0 Å². The maximum Gasteiger partial charge on any atom is 0.407 e. The minimum Gasteiger partial charge on any atom is -0.444 e.